The van der Waals surface area contributed by atoms with Crippen LogP contribution >= 0.6 is 0 Å². The Morgan fingerprint density at radius 1 is 1.12 bits per heavy atom. The smallest absolute Gasteiger partial charge is 0.331 e. The van der Waals surface area contributed by atoms with Gasteiger partial charge < -0.3 is 10.1 Å². The van der Waals surface area contributed by atoms with Crippen LogP contribution in [0.25, 0.3) is 6.08 Å². The van der Waals surface area contributed by atoms with E-state index in [2.05, 4.69) is 5.32 Å². The first-order chi connectivity index (χ1) is 11.5. The molecule has 4 heteroatoms. The van der Waals surface area contributed by atoms with Gasteiger partial charge in [-0.2, -0.15) is 0 Å². The van der Waals surface area contributed by atoms with Crippen LogP contribution in [-0.2, 0) is 14.3 Å². The molecule has 0 aromatic heterocycles. The van der Waals surface area contributed by atoms with Gasteiger partial charge >= 0.3 is 5.97 Å². The van der Waals surface area contributed by atoms with Crippen molar-refractivity contribution in [1.82, 2.24) is 5.32 Å². The Bertz CT molecular complexity index is 723. The molecule has 1 N–H and O–H groups in total. The topological polar surface area (TPSA) is 55.4 Å². The lowest BCUT2D eigenvalue weighted by Gasteiger charge is -2.13. The second-order valence-electron chi connectivity index (χ2n) is 5.56. The van der Waals surface area contributed by atoms with E-state index in [9.17, 15) is 9.59 Å². The largest absolute Gasteiger partial charge is 0.452 e. The average Bonchev–Trinajstić information content (AvgIpc) is 2.59. The van der Waals surface area contributed by atoms with Crippen LogP contribution in [0.3, 0.4) is 0 Å². The Morgan fingerprint density at radius 3 is 2.58 bits per heavy atom. The number of esters is 1. The lowest BCUT2D eigenvalue weighted by molar-refractivity contribution is -0.144. The Hall–Kier alpha value is -2.88. The van der Waals surface area contributed by atoms with E-state index in [0.717, 1.165) is 16.7 Å². The molecule has 0 radical (unpaired) electrons. The molecule has 2 rings (SSSR count). The number of carbonyl (C=O) groups is 2. The van der Waals surface area contributed by atoms with Crippen molar-refractivity contribution in [3.63, 3.8) is 0 Å². The van der Waals surface area contributed by atoms with Gasteiger partial charge in [0.15, 0.2) is 6.61 Å². The third-order valence-corrected chi connectivity index (χ3v) is 3.48. The lowest BCUT2D eigenvalue weighted by Crippen LogP contribution is -2.30. The average molecular weight is 323 g/mol. The van der Waals surface area contributed by atoms with Crippen molar-refractivity contribution in [1.29, 1.82) is 0 Å². The van der Waals surface area contributed by atoms with E-state index in [1.54, 1.807) is 6.08 Å². The molecule has 2 aromatic rings. The zero-order valence-electron chi connectivity index (χ0n) is 13.9. The van der Waals surface area contributed by atoms with E-state index in [4.69, 9.17) is 4.74 Å². The van der Waals surface area contributed by atoms with Gasteiger partial charge in [0.2, 0.25) is 0 Å². The molecule has 0 fully saturated rings. The first-order valence-electron chi connectivity index (χ1n) is 7.80. The highest BCUT2D eigenvalue weighted by molar-refractivity contribution is 5.89. The highest BCUT2D eigenvalue weighted by atomic mass is 16.5. The summed E-state index contributed by atoms with van der Waals surface area (Å²) in [5.74, 6) is -0.873. The van der Waals surface area contributed by atoms with Gasteiger partial charge in [0.1, 0.15) is 0 Å². The van der Waals surface area contributed by atoms with E-state index in [1.807, 2.05) is 68.4 Å². The minimum atomic E-state index is -0.543. The molecule has 124 valence electrons. The van der Waals surface area contributed by atoms with Crippen LogP contribution in [0.2, 0.25) is 0 Å². The molecule has 0 saturated carbocycles. The van der Waals surface area contributed by atoms with Crippen LogP contribution in [0.15, 0.2) is 60.7 Å². The predicted molar refractivity (Wildman–Crippen MR) is 94.2 cm³/mol. The molecule has 1 amide bonds. The summed E-state index contributed by atoms with van der Waals surface area (Å²) in [5, 5.41) is 2.79. The molecule has 0 aliphatic rings. The van der Waals surface area contributed by atoms with Crippen LogP contribution in [0, 0.1) is 6.92 Å². The van der Waals surface area contributed by atoms with Gasteiger partial charge in [-0.15, -0.1) is 0 Å². The Kier molecular flexibility index (Phi) is 6.32. The van der Waals surface area contributed by atoms with Crippen LogP contribution in [-0.4, -0.2) is 18.5 Å². The quantitative estimate of drug-likeness (QED) is 0.654. The maximum Gasteiger partial charge on any atom is 0.331 e. The molecule has 0 heterocycles. The lowest BCUT2D eigenvalue weighted by atomic mass is 10.1. The minimum absolute atomic E-state index is 0.139. The monoisotopic (exact) mass is 323 g/mol. The van der Waals surface area contributed by atoms with E-state index < -0.39 is 5.97 Å². The number of hydrogen-bond acceptors (Lipinski definition) is 3. The summed E-state index contributed by atoms with van der Waals surface area (Å²) in [7, 11) is 0. The Balaban J connectivity index is 1.78. The van der Waals surface area contributed by atoms with Crippen LogP contribution in [0.5, 0.6) is 0 Å². The molecule has 1 atom stereocenters. The van der Waals surface area contributed by atoms with E-state index in [1.165, 1.54) is 6.08 Å². The first kappa shape index (κ1) is 17.5. The summed E-state index contributed by atoms with van der Waals surface area (Å²) in [5.41, 5.74) is 3.02. The highest BCUT2D eigenvalue weighted by Gasteiger charge is 2.10. The second-order valence-corrected chi connectivity index (χ2v) is 5.56. The number of carbonyl (C=O) groups excluding carboxylic acids is 2. The molecule has 0 saturated heterocycles. The van der Waals surface area contributed by atoms with Crippen molar-refractivity contribution in [3.05, 3.63) is 77.4 Å². The van der Waals surface area contributed by atoms with Crippen molar-refractivity contribution >= 4 is 18.0 Å². The fourth-order valence-electron chi connectivity index (χ4n) is 2.23. The molecule has 2 aromatic carbocycles. The number of amides is 1. The molecule has 4 nitrogen and oxygen atoms in total. The number of hydrogen-bond donors (Lipinski definition) is 1. The Labute approximate surface area is 142 Å². The SMILES string of the molecule is Cc1cccc(/C=C/C(=O)OCC(=O)N[C@H](C)c2ccccc2)c1. The summed E-state index contributed by atoms with van der Waals surface area (Å²) in [4.78, 5) is 23.5. The van der Waals surface area contributed by atoms with Gasteiger partial charge in [-0.25, -0.2) is 4.79 Å². The maximum absolute atomic E-state index is 11.8. The van der Waals surface area contributed by atoms with Crippen LogP contribution < -0.4 is 5.32 Å². The number of aryl methyl sites for hydroxylation is 1. The molecule has 0 aliphatic heterocycles. The van der Waals surface area contributed by atoms with E-state index in [-0.39, 0.29) is 18.6 Å². The predicted octanol–water partition coefficient (Wildman–Crippen LogP) is 3.43. The molecular weight excluding hydrogens is 302 g/mol. The summed E-state index contributed by atoms with van der Waals surface area (Å²) in [6.45, 7) is 3.56. The van der Waals surface area contributed by atoms with Crippen molar-refractivity contribution in [2.24, 2.45) is 0 Å². The van der Waals surface area contributed by atoms with Crippen LogP contribution in [0.1, 0.15) is 29.7 Å². The molecule has 0 aliphatic carbocycles. The summed E-state index contributed by atoms with van der Waals surface area (Å²) in [6.07, 6.45) is 2.99. The third kappa shape index (κ3) is 5.72. The number of rotatable bonds is 6. The van der Waals surface area contributed by atoms with Gasteiger partial charge in [-0.3, -0.25) is 4.79 Å². The normalized spacial score (nSPS) is 11.9. The fourth-order valence-corrected chi connectivity index (χ4v) is 2.23. The number of ether oxygens (including phenoxy) is 1. The fraction of sp³-hybridized carbons (Fsp3) is 0.200. The standard InChI is InChI=1S/C20H21NO3/c1-15-7-6-8-17(13-15)11-12-20(23)24-14-19(22)21-16(2)18-9-4-3-5-10-18/h3-13,16H,14H2,1-2H3,(H,21,22)/b12-11+/t16-/m1/s1. The van der Waals surface area contributed by atoms with Crippen molar-refractivity contribution in [3.8, 4) is 0 Å². The van der Waals surface area contributed by atoms with Gasteiger partial charge in [-0.1, -0.05) is 60.2 Å². The van der Waals surface area contributed by atoms with Gasteiger partial charge in [0, 0.05) is 6.08 Å². The van der Waals surface area contributed by atoms with E-state index in [0.29, 0.717) is 0 Å². The zero-order chi connectivity index (χ0) is 17.4. The summed E-state index contributed by atoms with van der Waals surface area (Å²) in [6, 6.07) is 17.2. The maximum atomic E-state index is 11.8. The van der Waals surface area contributed by atoms with Gasteiger partial charge in [0.05, 0.1) is 6.04 Å². The van der Waals surface area contributed by atoms with Gasteiger partial charge in [0.25, 0.3) is 5.91 Å². The second kappa shape index (κ2) is 8.67. The zero-order valence-corrected chi connectivity index (χ0v) is 13.9. The van der Waals surface area contributed by atoms with Crippen molar-refractivity contribution < 1.29 is 14.3 Å². The van der Waals surface area contributed by atoms with Crippen molar-refractivity contribution in [2.45, 2.75) is 19.9 Å². The molecule has 0 spiro atoms. The highest BCUT2D eigenvalue weighted by Crippen LogP contribution is 2.10. The molecular formula is C20H21NO3. The van der Waals surface area contributed by atoms with Gasteiger partial charge in [-0.05, 0) is 31.1 Å². The van der Waals surface area contributed by atoms with Crippen LogP contribution in [0.4, 0.5) is 0 Å². The molecule has 0 unspecified atom stereocenters. The minimum Gasteiger partial charge on any atom is -0.452 e. The van der Waals surface area contributed by atoms with Crippen molar-refractivity contribution in [2.75, 3.05) is 6.61 Å². The first-order valence-corrected chi connectivity index (χ1v) is 7.80. The summed E-state index contributed by atoms with van der Waals surface area (Å²) >= 11 is 0. The summed E-state index contributed by atoms with van der Waals surface area (Å²) < 4.78 is 4.95. The number of benzene rings is 2. The number of nitrogens with one attached hydrogen (secondary N) is 1. The molecule has 24 heavy (non-hydrogen) atoms. The third-order valence-electron chi connectivity index (χ3n) is 3.48. The van der Waals surface area contributed by atoms with E-state index >= 15 is 0 Å². The Morgan fingerprint density at radius 2 is 1.88 bits per heavy atom. The molecule has 0 bridgehead atoms.